The molecule has 0 saturated carbocycles. The summed E-state index contributed by atoms with van der Waals surface area (Å²) < 4.78 is 55.8. The quantitative estimate of drug-likeness (QED) is 0.329. The number of rotatable bonds is 6. The van der Waals surface area contributed by atoms with Crippen LogP contribution in [0, 0.1) is 0 Å². The van der Waals surface area contributed by atoms with E-state index >= 15 is 0 Å². The van der Waals surface area contributed by atoms with Crippen molar-refractivity contribution in [1.29, 1.82) is 0 Å². The summed E-state index contributed by atoms with van der Waals surface area (Å²) >= 11 is 5.52. The highest BCUT2D eigenvalue weighted by molar-refractivity contribution is 7.80. The smallest absolute Gasteiger partial charge is 0.416 e. The molecule has 11 heteroatoms. The number of hydrogen-bond acceptors (Lipinski definition) is 6. The van der Waals surface area contributed by atoms with Gasteiger partial charge in [0, 0.05) is 18.3 Å². The van der Waals surface area contributed by atoms with Gasteiger partial charge in [-0.25, -0.2) is 0 Å². The third-order valence-electron chi connectivity index (χ3n) is 6.58. The first-order valence-corrected chi connectivity index (χ1v) is 12.4. The van der Waals surface area contributed by atoms with Crippen molar-refractivity contribution in [3.05, 3.63) is 75.4 Å². The van der Waals surface area contributed by atoms with Crippen LogP contribution in [0.3, 0.4) is 0 Å². The normalized spacial score (nSPS) is 14.3. The van der Waals surface area contributed by atoms with Crippen LogP contribution in [0.15, 0.2) is 53.3 Å². The highest BCUT2D eigenvalue weighted by atomic mass is 32.1. The van der Waals surface area contributed by atoms with E-state index in [-0.39, 0.29) is 10.5 Å². The molecule has 1 aliphatic rings. The van der Waals surface area contributed by atoms with Crippen molar-refractivity contribution in [3.8, 4) is 28.4 Å². The molecule has 0 unspecified atom stereocenters. The molecule has 0 spiro atoms. The van der Waals surface area contributed by atoms with Crippen LogP contribution in [0.25, 0.3) is 11.1 Å². The van der Waals surface area contributed by atoms with Crippen LogP contribution in [0.4, 0.5) is 24.5 Å². The fourth-order valence-electron chi connectivity index (χ4n) is 4.74. The zero-order valence-electron chi connectivity index (χ0n) is 21.8. The van der Waals surface area contributed by atoms with Crippen molar-refractivity contribution in [2.45, 2.75) is 25.1 Å². The highest BCUT2D eigenvalue weighted by Gasteiger charge is 2.31. The van der Waals surface area contributed by atoms with Gasteiger partial charge in [-0.3, -0.25) is 4.79 Å². The maximum Gasteiger partial charge on any atom is 0.416 e. The van der Waals surface area contributed by atoms with Gasteiger partial charge in [-0.15, -0.1) is 0 Å². The lowest BCUT2D eigenvalue weighted by Gasteiger charge is -2.21. The van der Waals surface area contributed by atoms with Gasteiger partial charge < -0.3 is 30.2 Å². The average Bonchev–Trinajstić information content (AvgIpc) is 3.15. The molecular weight excluding hydrogens is 531 g/mol. The lowest BCUT2D eigenvalue weighted by molar-refractivity contribution is -0.137. The molecule has 0 aromatic heterocycles. The molecular formula is C28H28F3N3O4S. The zero-order chi connectivity index (χ0) is 28.3. The Morgan fingerprint density at radius 1 is 0.974 bits per heavy atom. The van der Waals surface area contributed by atoms with Gasteiger partial charge in [0.25, 0.3) is 0 Å². The molecule has 0 bridgehead atoms. The molecule has 206 valence electrons. The molecule has 3 N–H and O–H groups in total. The molecule has 0 saturated heterocycles. The molecule has 3 aromatic rings. The number of halogens is 3. The number of fused-ring (bicyclic) bond motifs is 3. The lowest BCUT2D eigenvalue weighted by Crippen LogP contribution is -2.32. The topological polar surface area (TPSA) is 80.9 Å². The van der Waals surface area contributed by atoms with E-state index in [2.05, 4.69) is 16.0 Å². The molecule has 1 atom stereocenters. The minimum atomic E-state index is -4.43. The predicted octanol–water partition coefficient (Wildman–Crippen LogP) is 5.77. The van der Waals surface area contributed by atoms with E-state index in [1.807, 2.05) is 12.1 Å². The Morgan fingerprint density at radius 3 is 2.26 bits per heavy atom. The SMILES string of the molecule is CNc1ccc2c(cc1=O)[C@@H](NC(=S)Nc1ccc(C(F)(F)F)cc1)CCc1cc(OC)c(OC)c(OC)c1-2. The average molecular weight is 560 g/mol. The monoisotopic (exact) mass is 559 g/mol. The van der Waals surface area contributed by atoms with Crippen molar-refractivity contribution in [2.24, 2.45) is 0 Å². The van der Waals surface area contributed by atoms with Gasteiger partial charge >= 0.3 is 6.18 Å². The van der Waals surface area contributed by atoms with E-state index < -0.39 is 17.8 Å². The number of anilines is 2. The summed E-state index contributed by atoms with van der Waals surface area (Å²) in [4.78, 5) is 13.1. The number of nitrogens with one attached hydrogen (secondary N) is 3. The Balaban J connectivity index is 1.77. The van der Waals surface area contributed by atoms with E-state index in [0.29, 0.717) is 47.0 Å². The molecule has 0 radical (unpaired) electrons. The minimum Gasteiger partial charge on any atom is -0.493 e. The third kappa shape index (κ3) is 5.73. The van der Waals surface area contributed by atoms with E-state index in [1.54, 1.807) is 33.4 Å². The standard InChI is InChI=1S/C28H28F3N3O4S/c1-32-21-12-10-18-19(14-22(21)35)20(34-27(39)33-17-8-6-16(7-9-17)28(29,30)31)11-5-15-13-23(36-2)25(37-3)26(38-4)24(15)18/h6-10,12-14,20H,5,11H2,1-4H3,(H,32,35)(H2,33,34,39)/t20-/m0/s1. The summed E-state index contributed by atoms with van der Waals surface area (Å²) in [5.41, 5.74) is 2.97. The van der Waals surface area contributed by atoms with Crippen molar-refractivity contribution in [1.82, 2.24) is 5.32 Å². The van der Waals surface area contributed by atoms with Crippen LogP contribution in [0.5, 0.6) is 17.2 Å². The van der Waals surface area contributed by atoms with Gasteiger partial charge in [-0.2, -0.15) is 13.2 Å². The second kappa shape index (κ2) is 11.4. The Kier molecular flexibility index (Phi) is 8.19. The summed E-state index contributed by atoms with van der Waals surface area (Å²) in [6, 6.07) is 11.2. The maximum absolute atomic E-state index is 13.1. The summed E-state index contributed by atoms with van der Waals surface area (Å²) in [6.07, 6.45) is -3.30. The van der Waals surface area contributed by atoms with Gasteiger partial charge in [0.15, 0.2) is 16.6 Å². The van der Waals surface area contributed by atoms with E-state index in [1.165, 1.54) is 19.2 Å². The Bertz CT molecular complexity index is 1450. The third-order valence-corrected chi connectivity index (χ3v) is 6.80. The van der Waals surface area contributed by atoms with Crippen molar-refractivity contribution in [3.63, 3.8) is 0 Å². The number of benzene rings is 2. The number of thiocarbonyl (C=S) groups is 1. The molecule has 7 nitrogen and oxygen atoms in total. The number of ether oxygens (including phenoxy) is 3. The summed E-state index contributed by atoms with van der Waals surface area (Å²) in [6.45, 7) is 0. The van der Waals surface area contributed by atoms with E-state index in [4.69, 9.17) is 26.4 Å². The second-order valence-electron chi connectivity index (χ2n) is 8.82. The number of methoxy groups -OCH3 is 3. The van der Waals surface area contributed by atoms with E-state index in [9.17, 15) is 18.0 Å². The van der Waals surface area contributed by atoms with Crippen LogP contribution in [0.2, 0.25) is 0 Å². The van der Waals surface area contributed by atoms with Gasteiger partial charge in [0.05, 0.1) is 38.6 Å². The molecule has 0 heterocycles. The predicted molar refractivity (Wildman–Crippen MR) is 149 cm³/mol. The number of alkyl halides is 3. The largest absolute Gasteiger partial charge is 0.493 e. The fourth-order valence-corrected chi connectivity index (χ4v) is 5.00. The minimum absolute atomic E-state index is 0.201. The van der Waals surface area contributed by atoms with Gasteiger partial charge in [-0.05, 0) is 84.2 Å². The van der Waals surface area contributed by atoms with Crippen LogP contribution in [0.1, 0.15) is 29.2 Å². The summed E-state index contributed by atoms with van der Waals surface area (Å²) in [7, 11) is 6.29. The van der Waals surface area contributed by atoms with Crippen LogP contribution < -0.4 is 35.6 Å². The van der Waals surface area contributed by atoms with Gasteiger partial charge in [0.2, 0.25) is 11.2 Å². The van der Waals surface area contributed by atoms with Crippen LogP contribution in [-0.2, 0) is 12.6 Å². The Morgan fingerprint density at radius 2 is 1.67 bits per heavy atom. The first-order chi connectivity index (χ1) is 18.6. The Labute approximate surface area is 229 Å². The van der Waals surface area contributed by atoms with Crippen LogP contribution >= 0.6 is 12.2 Å². The first kappa shape index (κ1) is 28.0. The molecule has 39 heavy (non-hydrogen) atoms. The Hall–Kier alpha value is -3.99. The van der Waals surface area contributed by atoms with Crippen molar-refractivity contribution < 1.29 is 27.4 Å². The van der Waals surface area contributed by atoms with Gasteiger partial charge in [0.1, 0.15) is 0 Å². The van der Waals surface area contributed by atoms with Crippen LogP contribution in [-0.4, -0.2) is 33.5 Å². The molecule has 0 amide bonds. The molecule has 0 fully saturated rings. The van der Waals surface area contributed by atoms with Crippen molar-refractivity contribution >= 4 is 28.7 Å². The van der Waals surface area contributed by atoms with Crippen molar-refractivity contribution in [2.75, 3.05) is 39.0 Å². The fraction of sp³-hybridized carbons (Fsp3) is 0.286. The van der Waals surface area contributed by atoms with Gasteiger partial charge in [-0.1, -0.05) is 6.07 Å². The van der Waals surface area contributed by atoms with E-state index in [0.717, 1.165) is 28.8 Å². The number of aryl methyl sites for hydroxylation is 1. The number of hydrogen-bond donors (Lipinski definition) is 3. The molecule has 0 aliphatic heterocycles. The second-order valence-corrected chi connectivity index (χ2v) is 9.23. The molecule has 1 aliphatic carbocycles. The highest BCUT2D eigenvalue weighted by Crippen LogP contribution is 2.50. The maximum atomic E-state index is 13.1. The molecule has 4 rings (SSSR count). The lowest BCUT2D eigenvalue weighted by atomic mass is 9.95. The molecule has 3 aromatic carbocycles. The first-order valence-electron chi connectivity index (χ1n) is 12.0. The zero-order valence-corrected chi connectivity index (χ0v) is 22.6. The summed E-state index contributed by atoms with van der Waals surface area (Å²) in [5.74, 6) is 1.42. The summed E-state index contributed by atoms with van der Waals surface area (Å²) in [5, 5.41) is 9.32.